The lowest BCUT2D eigenvalue weighted by molar-refractivity contribution is -0.106. The zero-order valence-corrected chi connectivity index (χ0v) is 6.65. The van der Waals surface area contributed by atoms with Crippen LogP contribution < -0.4 is 0 Å². The highest BCUT2D eigenvalue weighted by Gasteiger charge is 2.23. The molecule has 0 saturated carbocycles. The molecule has 1 unspecified atom stereocenters. The molecule has 0 aromatic rings. The van der Waals surface area contributed by atoms with Crippen LogP contribution in [0.15, 0.2) is 11.8 Å². The largest absolute Gasteiger partial charge is 0.511 e. The number of aliphatic hydroxyl groups is 1. The Labute approximate surface area is 64.3 Å². The number of carbonyl (C=O) groups excluding carboxylic acids is 1. The maximum absolute atomic E-state index is 10.7. The van der Waals surface area contributed by atoms with Gasteiger partial charge >= 0.3 is 0 Å². The molecule has 1 rings (SSSR count). The van der Waals surface area contributed by atoms with Crippen molar-refractivity contribution < 1.29 is 9.90 Å². The summed E-state index contributed by atoms with van der Waals surface area (Å²) in [6.45, 7) is 2.04. The maximum Gasteiger partial charge on any atom is 0.216 e. The fraction of sp³-hybridized carbons (Fsp3) is 0.571. The van der Waals surface area contributed by atoms with Crippen LogP contribution in [0, 0.1) is 0 Å². The van der Waals surface area contributed by atoms with Gasteiger partial charge in [0.15, 0.2) is 0 Å². The van der Waals surface area contributed by atoms with Gasteiger partial charge in [0.05, 0.1) is 5.25 Å². The van der Waals surface area contributed by atoms with Crippen molar-refractivity contribution in [2.75, 3.05) is 0 Å². The highest BCUT2D eigenvalue weighted by atomic mass is 32.2. The SMILES string of the molecule is CCCC1SC(=O)C=C1O. The summed E-state index contributed by atoms with van der Waals surface area (Å²) < 4.78 is 0. The van der Waals surface area contributed by atoms with E-state index >= 15 is 0 Å². The molecule has 1 heterocycles. The molecule has 1 aliphatic heterocycles. The first kappa shape index (κ1) is 7.66. The fourth-order valence-corrected chi connectivity index (χ4v) is 1.93. The van der Waals surface area contributed by atoms with Gasteiger partial charge in [0.25, 0.3) is 0 Å². The van der Waals surface area contributed by atoms with E-state index in [1.807, 2.05) is 6.92 Å². The van der Waals surface area contributed by atoms with Crippen LogP contribution in [0.2, 0.25) is 0 Å². The number of carbonyl (C=O) groups is 1. The van der Waals surface area contributed by atoms with E-state index in [4.69, 9.17) is 5.11 Å². The van der Waals surface area contributed by atoms with Gasteiger partial charge in [-0.05, 0) is 6.42 Å². The summed E-state index contributed by atoms with van der Waals surface area (Å²) in [6.07, 6.45) is 3.20. The van der Waals surface area contributed by atoms with Gasteiger partial charge in [-0.3, -0.25) is 4.79 Å². The average Bonchev–Trinajstić information content (AvgIpc) is 2.13. The Bertz CT molecular complexity index is 174. The predicted molar refractivity (Wildman–Crippen MR) is 42.0 cm³/mol. The highest BCUT2D eigenvalue weighted by molar-refractivity contribution is 8.15. The second-order valence-corrected chi connectivity index (χ2v) is 3.49. The second kappa shape index (κ2) is 3.10. The monoisotopic (exact) mass is 158 g/mol. The Morgan fingerprint density at radius 3 is 2.90 bits per heavy atom. The third-order valence-corrected chi connectivity index (χ3v) is 2.52. The van der Waals surface area contributed by atoms with Crippen LogP contribution in [-0.2, 0) is 4.79 Å². The summed E-state index contributed by atoms with van der Waals surface area (Å²) in [5.74, 6) is 0.247. The van der Waals surface area contributed by atoms with Gasteiger partial charge in [0.1, 0.15) is 5.76 Å². The Kier molecular flexibility index (Phi) is 2.38. The molecule has 0 aliphatic carbocycles. The molecule has 2 nitrogen and oxygen atoms in total. The van der Waals surface area contributed by atoms with E-state index in [-0.39, 0.29) is 16.1 Å². The number of thioether (sulfide) groups is 1. The molecule has 1 aliphatic rings. The summed E-state index contributed by atoms with van der Waals surface area (Å²) in [6, 6.07) is 0. The van der Waals surface area contributed by atoms with Crippen LogP contribution >= 0.6 is 11.8 Å². The van der Waals surface area contributed by atoms with Crippen molar-refractivity contribution in [3.63, 3.8) is 0 Å². The molecule has 1 atom stereocenters. The van der Waals surface area contributed by atoms with Crippen molar-refractivity contribution in [2.24, 2.45) is 0 Å². The molecular weight excluding hydrogens is 148 g/mol. The molecule has 0 aromatic heterocycles. The first-order valence-corrected chi connectivity index (χ1v) is 4.23. The molecule has 0 bridgehead atoms. The molecule has 0 amide bonds. The normalized spacial score (nSPS) is 25.1. The summed E-state index contributed by atoms with van der Waals surface area (Å²) in [4.78, 5) is 10.7. The van der Waals surface area contributed by atoms with Crippen LogP contribution in [0.1, 0.15) is 19.8 Å². The van der Waals surface area contributed by atoms with E-state index in [2.05, 4.69) is 0 Å². The maximum atomic E-state index is 10.7. The standard InChI is InChI=1S/C7H10O2S/c1-2-3-6-5(8)4-7(9)10-6/h4,6,8H,2-3H2,1H3. The van der Waals surface area contributed by atoms with Gasteiger partial charge in [0.2, 0.25) is 5.12 Å². The molecule has 0 radical (unpaired) electrons. The lowest BCUT2D eigenvalue weighted by Gasteiger charge is -2.04. The van der Waals surface area contributed by atoms with Crippen molar-refractivity contribution in [1.29, 1.82) is 0 Å². The van der Waals surface area contributed by atoms with Gasteiger partial charge in [-0.2, -0.15) is 0 Å². The van der Waals surface area contributed by atoms with Gasteiger partial charge in [-0.15, -0.1) is 0 Å². The number of hydrogen-bond acceptors (Lipinski definition) is 3. The molecule has 0 fully saturated rings. The minimum atomic E-state index is -0.0176. The van der Waals surface area contributed by atoms with Gasteiger partial charge < -0.3 is 5.11 Å². The zero-order valence-electron chi connectivity index (χ0n) is 5.83. The molecule has 3 heteroatoms. The Morgan fingerprint density at radius 2 is 2.50 bits per heavy atom. The summed E-state index contributed by atoms with van der Waals surface area (Å²) in [5, 5.41) is 9.13. The fourth-order valence-electron chi connectivity index (χ4n) is 0.917. The second-order valence-electron chi connectivity index (χ2n) is 2.28. The quantitative estimate of drug-likeness (QED) is 0.666. The van der Waals surface area contributed by atoms with Crippen molar-refractivity contribution in [2.45, 2.75) is 25.0 Å². The lowest BCUT2D eigenvalue weighted by Crippen LogP contribution is -2.00. The zero-order chi connectivity index (χ0) is 7.56. The van der Waals surface area contributed by atoms with Crippen molar-refractivity contribution in [3.05, 3.63) is 11.8 Å². The summed E-state index contributed by atoms with van der Waals surface area (Å²) >= 11 is 1.22. The van der Waals surface area contributed by atoms with Crippen molar-refractivity contribution in [1.82, 2.24) is 0 Å². The number of aliphatic hydroxyl groups excluding tert-OH is 1. The first-order valence-electron chi connectivity index (χ1n) is 3.35. The van der Waals surface area contributed by atoms with Crippen LogP contribution in [0.25, 0.3) is 0 Å². The predicted octanol–water partition coefficient (Wildman–Crippen LogP) is 1.87. The van der Waals surface area contributed by atoms with Crippen molar-refractivity contribution in [3.8, 4) is 0 Å². The van der Waals surface area contributed by atoms with Crippen LogP contribution in [0.4, 0.5) is 0 Å². The summed E-state index contributed by atoms with van der Waals surface area (Å²) in [5.41, 5.74) is 0. The van der Waals surface area contributed by atoms with E-state index in [9.17, 15) is 4.79 Å². The van der Waals surface area contributed by atoms with E-state index in [1.54, 1.807) is 0 Å². The highest BCUT2D eigenvalue weighted by Crippen LogP contribution is 2.29. The Morgan fingerprint density at radius 1 is 1.80 bits per heavy atom. The molecule has 0 aromatic carbocycles. The Hall–Kier alpha value is -0.440. The van der Waals surface area contributed by atoms with Crippen LogP contribution in [0.5, 0.6) is 0 Å². The molecule has 0 spiro atoms. The number of rotatable bonds is 2. The molecule has 0 saturated heterocycles. The van der Waals surface area contributed by atoms with E-state index < -0.39 is 0 Å². The molecule has 10 heavy (non-hydrogen) atoms. The van der Waals surface area contributed by atoms with Crippen LogP contribution in [-0.4, -0.2) is 15.5 Å². The minimum absolute atomic E-state index is 0.0176. The summed E-state index contributed by atoms with van der Waals surface area (Å²) in [7, 11) is 0. The molecule has 56 valence electrons. The topological polar surface area (TPSA) is 37.3 Å². The molecule has 1 N–H and O–H groups in total. The third-order valence-electron chi connectivity index (χ3n) is 1.40. The third kappa shape index (κ3) is 1.53. The Balaban J connectivity index is 2.51. The van der Waals surface area contributed by atoms with E-state index in [1.165, 1.54) is 17.8 Å². The van der Waals surface area contributed by atoms with Crippen molar-refractivity contribution >= 4 is 16.9 Å². The van der Waals surface area contributed by atoms with Gasteiger partial charge in [-0.1, -0.05) is 25.1 Å². The average molecular weight is 158 g/mol. The van der Waals surface area contributed by atoms with Gasteiger partial charge in [-0.25, -0.2) is 0 Å². The first-order chi connectivity index (χ1) is 4.74. The number of hydrogen-bond donors (Lipinski definition) is 1. The van der Waals surface area contributed by atoms with E-state index in [0.717, 1.165) is 12.8 Å². The molecular formula is C7H10O2S. The minimum Gasteiger partial charge on any atom is -0.511 e. The smallest absolute Gasteiger partial charge is 0.216 e. The van der Waals surface area contributed by atoms with E-state index in [0.29, 0.717) is 0 Å². The van der Waals surface area contributed by atoms with Crippen LogP contribution in [0.3, 0.4) is 0 Å². The van der Waals surface area contributed by atoms with Gasteiger partial charge in [0, 0.05) is 6.08 Å². The lowest BCUT2D eigenvalue weighted by atomic mass is 10.2.